The van der Waals surface area contributed by atoms with Gasteiger partial charge in [0, 0.05) is 16.8 Å². The van der Waals surface area contributed by atoms with Crippen molar-refractivity contribution in [3.8, 4) is 0 Å². The minimum atomic E-state index is 0.0750. The first kappa shape index (κ1) is 12.8. The van der Waals surface area contributed by atoms with Crippen LogP contribution < -0.4 is 10.6 Å². The molecule has 3 rings (SSSR count). The molecule has 0 bridgehead atoms. The summed E-state index contributed by atoms with van der Waals surface area (Å²) < 4.78 is 0. The number of nitrogens with two attached hydrogens (primary N) is 1. The molecule has 1 aromatic rings. The first-order chi connectivity index (χ1) is 8.81. The molecular weight excluding hydrogens is 248 g/mol. The fourth-order valence-corrected chi connectivity index (χ4v) is 1.90. The summed E-state index contributed by atoms with van der Waals surface area (Å²) >= 11 is 1.18. The summed E-state index contributed by atoms with van der Waals surface area (Å²) in [6.45, 7) is 1.97. The van der Waals surface area contributed by atoms with Crippen LogP contribution in [0.4, 0.5) is 0 Å². The van der Waals surface area contributed by atoms with E-state index in [0.29, 0.717) is 0 Å². The molecule has 0 spiro atoms. The van der Waals surface area contributed by atoms with Crippen LogP contribution in [-0.2, 0) is 4.94 Å². The summed E-state index contributed by atoms with van der Waals surface area (Å²) in [5.74, 6) is 0. The van der Waals surface area contributed by atoms with Gasteiger partial charge in [0.15, 0.2) is 0 Å². The number of hydrogen-bond acceptors (Lipinski definition) is 6. The number of fused-ring (bicyclic) bond motifs is 1. The van der Waals surface area contributed by atoms with E-state index in [4.69, 9.17) is 10.1 Å². The molecule has 3 N–H and O–H groups in total. The summed E-state index contributed by atoms with van der Waals surface area (Å²) in [6.07, 6.45) is 7.60. The Bertz CT molecular complexity index is 484. The van der Waals surface area contributed by atoms with Gasteiger partial charge in [-0.15, -0.1) is 5.48 Å². The minimum Gasteiger partial charge on any atom is -0.298 e. The van der Waals surface area contributed by atoms with Crippen molar-refractivity contribution in [2.24, 2.45) is 10.3 Å². The third-order valence-corrected chi connectivity index (χ3v) is 2.96. The number of nitrogens with zero attached hydrogens (tertiary/aromatic N) is 2. The van der Waals surface area contributed by atoms with Gasteiger partial charge in [-0.1, -0.05) is 23.4 Å². The van der Waals surface area contributed by atoms with Gasteiger partial charge in [0.2, 0.25) is 0 Å². The molecule has 0 aromatic carbocycles. The number of allylic oxidation sites excluding steroid dienone is 2. The molecule has 2 aliphatic rings. The highest BCUT2D eigenvalue weighted by atomic mass is 32.2. The predicted molar refractivity (Wildman–Crippen MR) is 73.4 cm³/mol. The summed E-state index contributed by atoms with van der Waals surface area (Å²) in [5, 5.41) is 9.20. The smallest absolute Gasteiger partial charge is 0.121 e. The van der Waals surface area contributed by atoms with Crippen LogP contribution in [0, 0.1) is 6.92 Å². The average Bonchev–Trinajstić information content (AvgIpc) is 2.88. The second-order valence-electron chi connectivity index (χ2n) is 3.67. The lowest BCUT2D eigenvalue weighted by Crippen LogP contribution is -2.29. The van der Waals surface area contributed by atoms with Crippen molar-refractivity contribution >= 4 is 17.7 Å². The van der Waals surface area contributed by atoms with Crippen LogP contribution in [0.15, 0.2) is 52.7 Å². The molecule has 0 saturated heterocycles. The number of rotatable bonds is 1. The molecule has 0 radical (unpaired) electrons. The van der Waals surface area contributed by atoms with E-state index in [1.54, 1.807) is 6.20 Å². The fraction of sp³-hybridized carbons (Fsp3) is 0.167. The SMILES string of the molecule is Cc1ccccn1.NSC1=CC=CC2NON=C12. The maximum Gasteiger partial charge on any atom is 0.121 e. The van der Waals surface area contributed by atoms with E-state index in [0.717, 1.165) is 16.3 Å². The van der Waals surface area contributed by atoms with Crippen LogP contribution >= 0.6 is 11.9 Å². The molecule has 2 heterocycles. The zero-order valence-electron chi connectivity index (χ0n) is 9.91. The Morgan fingerprint density at radius 2 is 2.33 bits per heavy atom. The number of oxime groups is 1. The lowest BCUT2D eigenvalue weighted by Gasteiger charge is -2.09. The molecule has 6 heteroatoms. The Morgan fingerprint density at radius 1 is 1.44 bits per heavy atom. The number of hydroxylamine groups is 1. The summed E-state index contributed by atoms with van der Waals surface area (Å²) in [4.78, 5) is 9.63. The molecule has 5 nitrogen and oxygen atoms in total. The zero-order valence-corrected chi connectivity index (χ0v) is 10.7. The molecule has 1 atom stereocenters. The van der Waals surface area contributed by atoms with Gasteiger partial charge in [-0.3, -0.25) is 15.1 Å². The van der Waals surface area contributed by atoms with E-state index >= 15 is 0 Å². The average molecular weight is 262 g/mol. The third-order valence-electron chi connectivity index (χ3n) is 2.36. The maximum absolute atomic E-state index is 5.41. The van der Waals surface area contributed by atoms with E-state index in [1.807, 2.05) is 43.4 Å². The van der Waals surface area contributed by atoms with Crippen molar-refractivity contribution in [2.75, 3.05) is 0 Å². The maximum atomic E-state index is 5.41. The van der Waals surface area contributed by atoms with E-state index in [1.165, 1.54) is 11.9 Å². The molecule has 1 unspecified atom stereocenters. The van der Waals surface area contributed by atoms with Crippen molar-refractivity contribution in [1.82, 2.24) is 10.5 Å². The van der Waals surface area contributed by atoms with Crippen LogP contribution in [0.5, 0.6) is 0 Å². The normalized spacial score (nSPS) is 20.0. The quantitative estimate of drug-likeness (QED) is 0.754. The third kappa shape index (κ3) is 3.19. The number of nitrogens with one attached hydrogen (secondary N) is 1. The van der Waals surface area contributed by atoms with Crippen molar-refractivity contribution in [3.63, 3.8) is 0 Å². The number of aromatic nitrogens is 1. The van der Waals surface area contributed by atoms with Crippen LogP contribution in [0.3, 0.4) is 0 Å². The molecule has 0 fully saturated rings. The van der Waals surface area contributed by atoms with Gasteiger partial charge < -0.3 is 0 Å². The van der Waals surface area contributed by atoms with Crippen molar-refractivity contribution in [1.29, 1.82) is 0 Å². The zero-order chi connectivity index (χ0) is 12.8. The molecule has 18 heavy (non-hydrogen) atoms. The van der Waals surface area contributed by atoms with Crippen LogP contribution in [0.1, 0.15) is 5.69 Å². The van der Waals surface area contributed by atoms with Crippen LogP contribution in [0.25, 0.3) is 0 Å². The summed E-state index contributed by atoms with van der Waals surface area (Å²) in [6, 6.07) is 5.93. The molecule has 1 aromatic heterocycles. The fourth-order valence-electron chi connectivity index (χ4n) is 1.46. The highest BCUT2D eigenvalue weighted by molar-refractivity contribution is 8.01. The standard InChI is InChI=1S/C6H7N3OS.C6H7N/c7-11-5-3-1-2-4-6(5)9-10-8-4;1-6-4-2-3-5-7-6/h1-4,8H,7H2;2-5H,1H3. The van der Waals surface area contributed by atoms with Crippen molar-refractivity contribution in [2.45, 2.75) is 13.0 Å². The van der Waals surface area contributed by atoms with Crippen LogP contribution in [0.2, 0.25) is 0 Å². The second-order valence-corrected chi connectivity index (χ2v) is 4.34. The number of pyridine rings is 1. The molecule has 0 saturated carbocycles. The van der Waals surface area contributed by atoms with Gasteiger partial charge in [0.25, 0.3) is 0 Å². The Balaban J connectivity index is 0.000000149. The lowest BCUT2D eigenvalue weighted by molar-refractivity contribution is 0.0672. The first-order valence-corrected chi connectivity index (χ1v) is 6.32. The van der Waals surface area contributed by atoms with Crippen molar-refractivity contribution < 1.29 is 4.94 Å². The van der Waals surface area contributed by atoms with Crippen LogP contribution in [-0.4, -0.2) is 16.7 Å². The molecule has 94 valence electrons. The molecule has 1 aliphatic carbocycles. The Morgan fingerprint density at radius 3 is 2.94 bits per heavy atom. The Labute approximate surface area is 110 Å². The topological polar surface area (TPSA) is 72.5 Å². The van der Waals surface area contributed by atoms with Gasteiger partial charge in [-0.2, -0.15) is 0 Å². The highest BCUT2D eigenvalue weighted by Crippen LogP contribution is 2.20. The van der Waals surface area contributed by atoms with Gasteiger partial charge >= 0.3 is 0 Å². The van der Waals surface area contributed by atoms with E-state index in [2.05, 4.69) is 15.6 Å². The number of aryl methyl sites for hydroxylation is 1. The number of hydrogen-bond donors (Lipinski definition) is 2. The minimum absolute atomic E-state index is 0.0750. The van der Waals surface area contributed by atoms with E-state index in [9.17, 15) is 0 Å². The summed E-state index contributed by atoms with van der Waals surface area (Å²) in [7, 11) is 0. The Kier molecular flexibility index (Phi) is 4.52. The van der Waals surface area contributed by atoms with Gasteiger partial charge in [0.1, 0.15) is 11.8 Å². The second kappa shape index (κ2) is 6.34. The van der Waals surface area contributed by atoms with E-state index in [-0.39, 0.29) is 6.04 Å². The molecular formula is C12H14N4OS. The van der Waals surface area contributed by atoms with Gasteiger partial charge in [0.05, 0.1) is 0 Å². The van der Waals surface area contributed by atoms with Gasteiger partial charge in [-0.05, 0) is 37.1 Å². The lowest BCUT2D eigenvalue weighted by atomic mass is 10.1. The monoisotopic (exact) mass is 262 g/mol. The van der Waals surface area contributed by atoms with E-state index < -0.39 is 0 Å². The first-order valence-electron chi connectivity index (χ1n) is 5.44. The Hall–Kier alpha value is -1.63. The molecule has 0 amide bonds. The highest BCUT2D eigenvalue weighted by Gasteiger charge is 2.25. The largest absolute Gasteiger partial charge is 0.298 e. The molecule has 1 aliphatic heterocycles. The van der Waals surface area contributed by atoms with Gasteiger partial charge in [-0.25, -0.2) is 0 Å². The predicted octanol–water partition coefficient (Wildman–Crippen LogP) is 1.70. The summed E-state index contributed by atoms with van der Waals surface area (Å²) in [5.41, 5.74) is 4.66. The van der Waals surface area contributed by atoms with Crippen molar-refractivity contribution in [3.05, 3.63) is 53.2 Å².